The molecular weight excluding hydrogens is 285 g/mol. The van der Waals surface area contributed by atoms with Crippen LogP contribution in [0.4, 0.5) is 24.8 Å². The molecule has 1 aromatic heterocycles. The number of nitro groups is 1. The van der Waals surface area contributed by atoms with Crippen LogP contribution in [0.3, 0.4) is 0 Å². The van der Waals surface area contributed by atoms with Crippen LogP contribution in [0.1, 0.15) is 12.7 Å². The molecule has 0 radical (unpaired) electrons. The number of nitrogens with zero attached hydrogens (tertiary/aromatic N) is 3. The smallest absolute Gasteiger partial charge is 0.422 e. The summed E-state index contributed by atoms with van der Waals surface area (Å²) >= 11 is 0. The Hall–Kier alpha value is -2.33. The molecule has 20 heavy (non-hydrogen) atoms. The Bertz CT molecular complexity index is 568. The number of carbonyl (C=O) groups is 1. The lowest BCUT2D eigenvalue weighted by Gasteiger charge is -2.29. The molecule has 1 rings (SSSR count). The highest BCUT2D eigenvalue weighted by molar-refractivity contribution is 5.84. The summed E-state index contributed by atoms with van der Waals surface area (Å²) in [6, 6.07) is 0. The molecule has 1 aromatic rings. The lowest BCUT2D eigenvalue weighted by molar-refractivity contribution is -0.388. The van der Waals surface area contributed by atoms with E-state index in [2.05, 4.69) is 4.98 Å². The number of anilines is 1. The molecule has 112 valence electrons. The van der Waals surface area contributed by atoms with Crippen LogP contribution in [0.25, 0.3) is 0 Å². The van der Waals surface area contributed by atoms with Gasteiger partial charge in [0.05, 0.1) is 0 Å². The van der Waals surface area contributed by atoms with Gasteiger partial charge in [-0.05, 0) is 16.8 Å². The van der Waals surface area contributed by atoms with Crippen molar-refractivity contribution in [2.75, 3.05) is 5.32 Å². The highest BCUT2D eigenvalue weighted by Crippen LogP contribution is 2.36. The monoisotopic (exact) mass is 296 g/mol. The minimum Gasteiger partial charge on any atom is -0.479 e. The number of hydrogen-bond donors (Lipinski definition) is 2. The Morgan fingerprint density at radius 1 is 1.50 bits per heavy atom. The summed E-state index contributed by atoms with van der Waals surface area (Å²) in [6.45, 7) is 1.71. The van der Waals surface area contributed by atoms with Gasteiger partial charge < -0.3 is 20.5 Å². The number of carboxylic acids is 1. The number of aryl methyl sites for hydroxylation is 1. The second-order valence-corrected chi connectivity index (χ2v) is 4.20. The Morgan fingerprint density at radius 2 is 2.00 bits per heavy atom. The molecule has 0 aliphatic heterocycles. The summed E-state index contributed by atoms with van der Waals surface area (Å²) < 4.78 is 39.6. The van der Waals surface area contributed by atoms with E-state index in [9.17, 15) is 28.1 Å². The summed E-state index contributed by atoms with van der Waals surface area (Å²) in [4.78, 5) is 24.1. The van der Waals surface area contributed by atoms with Crippen molar-refractivity contribution in [1.29, 1.82) is 0 Å². The first-order valence-corrected chi connectivity index (χ1v) is 5.18. The molecule has 11 heteroatoms. The quantitative estimate of drug-likeness (QED) is 0.642. The lowest BCUT2D eigenvalue weighted by atomic mass is 10.0. The fourth-order valence-corrected chi connectivity index (χ4v) is 1.34. The van der Waals surface area contributed by atoms with Crippen LogP contribution in [-0.4, -0.2) is 37.3 Å². The van der Waals surface area contributed by atoms with E-state index in [4.69, 9.17) is 5.11 Å². The Labute approximate surface area is 110 Å². The van der Waals surface area contributed by atoms with Gasteiger partial charge in [-0.2, -0.15) is 13.2 Å². The van der Waals surface area contributed by atoms with Crippen molar-refractivity contribution in [1.82, 2.24) is 9.55 Å². The van der Waals surface area contributed by atoms with Crippen LogP contribution in [0.2, 0.25) is 0 Å². The van der Waals surface area contributed by atoms with Gasteiger partial charge in [-0.15, -0.1) is 0 Å². The zero-order valence-electron chi connectivity index (χ0n) is 10.6. The van der Waals surface area contributed by atoms with E-state index in [1.807, 2.05) is 0 Å². The van der Waals surface area contributed by atoms with Crippen molar-refractivity contribution in [3.8, 4) is 0 Å². The topological polar surface area (TPSA) is 110 Å². The molecule has 0 fully saturated rings. The number of hydrogen-bond acceptors (Lipinski definition) is 5. The maximum atomic E-state index is 12.9. The van der Waals surface area contributed by atoms with E-state index in [1.165, 1.54) is 14.0 Å². The van der Waals surface area contributed by atoms with Crippen molar-refractivity contribution in [2.45, 2.75) is 25.6 Å². The van der Waals surface area contributed by atoms with Crippen LogP contribution >= 0.6 is 0 Å². The van der Waals surface area contributed by atoms with Gasteiger partial charge in [0, 0.05) is 14.0 Å². The molecule has 2 N–H and O–H groups in total. The van der Waals surface area contributed by atoms with Gasteiger partial charge >= 0.3 is 18.0 Å². The van der Waals surface area contributed by atoms with E-state index < -0.39 is 34.2 Å². The molecule has 0 amide bonds. The number of halogens is 3. The van der Waals surface area contributed by atoms with E-state index in [0.717, 1.165) is 4.57 Å². The van der Waals surface area contributed by atoms with Crippen molar-refractivity contribution in [3.63, 3.8) is 0 Å². The van der Waals surface area contributed by atoms with Gasteiger partial charge in [-0.1, -0.05) is 0 Å². The van der Waals surface area contributed by atoms with Crippen LogP contribution in [0.15, 0.2) is 0 Å². The molecule has 1 unspecified atom stereocenters. The molecular formula is C9H11F3N4O4. The number of nitrogens with one attached hydrogen (secondary N) is 1. The molecule has 0 saturated carbocycles. The highest BCUT2D eigenvalue weighted by Gasteiger charge is 2.58. The van der Waals surface area contributed by atoms with Crippen molar-refractivity contribution in [2.24, 2.45) is 7.05 Å². The summed E-state index contributed by atoms with van der Waals surface area (Å²) in [5.41, 5.74) is -3.38. The second-order valence-electron chi connectivity index (χ2n) is 4.20. The van der Waals surface area contributed by atoms with Gasteiger partial charge in [-0.3, -0.25) is 4.57 Å². The zero-order valence-corrected chi connectivity index (χ0v) is 10.6. The minimum absolute atomic E-state index is 0.0640. The highest BCUT2D eigenvalue weighted by atomic mass is 19.4. The molecule has 0 saturated heterocycles. The normalized spacial score (nSPS) is 14.7. The molecule has 0 aliphatic rings. The van der Waals surface area contributed by atoms with Crippen LogP contribution < -0.4 is 5.32 Å². The maximum Gasteiger partial charge on any atom is 0.422 e. The largest absolute Gasteiger partial charge is 0.479 e. The minimum atomic E-state index is -5.16. The number of aliphatic carboxylic acids is 1. The van der Waals surface area contributed by atoms with E-state index >= 15 is 0 Å². The first kappa shape index (κ1) is 15.7. The first-order chi connectivity index (χ1) is 8.91. The summed E-state index contributed by atoms with van der Waals surface area (Å²) in [6.07, 6.45) is -5.16. The van der Waals surface area contributed by atoms with Crippen molar-refractivity contribution < 1.29 is 28.0 Å². The average Bonchev–Trinajstić information content (AvgIpc) is 2.55. The number of aromatic nitrogens is 2. The fourth-order valence-electron chi connectivity index (χ4n) is 1.34. The summed E-state index contributed by atoms with van der Waals surface area (Å²) in [5.74, 6) is -3.65. The van der Waals surface area contributed by atoms with Gasteiger partial charge in [0.25, 0.3) is 0 Å². The number of alkyl halides is 3. The Kier molecular flexibility index (Phi) is 3.66. The fraction of sp³-hybridized carbons (Fsp3) is 0.556. The van der Waals surface area contributed by atoms with Gasteiger partial charge in [0.2, 0.25) is 17.2 Å². The SMILES string of the molecule is Cc1nc([N+](=O)[O-])c(NC(C)(C(=O)O)C(F)(F)F)n1C. The van der Waals surface area contributed by atoms with Crippen molar-refractivity contribution in [3.05, 3.63) is 15.9 Å². The molecule has 0 aliphatic carbocycles. The molecule has 0 spiro atoms. The first-order valence-electron chi connectivity index (χ1n) is 5.18. The zero-order chi connectivity index (χ0) is 15.9. The molecule has 1 heterocycles. The van der Waals surface area contributed by atoms with E-state index in [1.54, 1.807) is 5.32 Å². The number of rotatable bonds is 4. The van der Waals surface area contributed by atoms with Crippen molar-refractivity contribution >= 4 is 17.6 Å². The number of carboxylic acid groups (broad SMARTS) is 1. The lowest BCUT2D eigenvalue weighted by Crippen LogP contribution is -2.56. The van der Waals surface area contributed by atoms with Crippen LogP contribution in [-0.2, 0) is 11.8 Å². The van der Waals surface area contributed by atoms with E-state index in [0.29, 0.717) is 6.92 Å². The maximum absolute atomic E-state index is 12.9. The average molecular weight is 296 g/mol. The van der Waals surface area contributed by atoms with Gasteiger partial charge in [0.15, 0.2) is 0 Å². The second kappa shape index (κ2) is 4.65. The summed E-state index contributed by atoms with van der Waals surface area (Å²) in [5, 5.41) is 21.2. The van der Waals surface area contributed by atoms with Crippen LogP contribution in [0.5, 0.6) is 0 Å². The third-order valence-corrected chi connectivity index (χ3v) is 2.84. The predicted octanol–water partition coefficient (Wildman–Crippen LogP) is 1.45. The third kappa shape index (κ3) is 2.38. The van der Waals surface area contributed by atoms with Crippen LogP contribution in [0, 0.1) is 17.0 Å². The summed E-state index contributed by atoms with van der Waals surface area (Å²) in [7, 11) is 1.23. The van der Waals surface area contributed by atoms with Gasteiger partial charge in [0.1, 0.15) is 0 Å². The molecule has 0 aromatic carbocycles. The Morgan fingerprint density at radius 3 is 2.35 bits per heavy atom. The number of imidazole rings is 1. The molecule has 8 nitrogen and oxygen atoms in total. The van der Waals surface area contributed by atoms with Gasteiger partial charge in [-0.25, -0.2) is 4.79 Å². The van der Waals surface area contributed by atoms with E-state index in [-0.39, 0.29) is 5.82 Å². The standard InChI is InChI=1S/C9H11F3N4O4/c1-4-13-5(16(19)20)6(15(4)3)14-8(2,7(17)18)9(10,11)12/h14H,1-3H3,(H,17,18). The Balaban J connectivity index is 3.40. The predicted molar refractivity (Wildman–Crippen MR) is 60.3 cm³/mol. The molecule has 0 bridgehead atoms. The molecule has 1 atom stereocenters. The third-order valence-electron chi connectivity index (χ3n) is 2.84.